The molecule has 0 unspecified atom stereocenters. The van der Waals surface area contributed by atoms with Crippen LogP contribution in [0, 0.1) is 0 Å². The van der Waals surface area contributed by atoms with Crippen molar-refractivity contribution < 1.29 is 0 Å². The maximum absolute atomic E-state index is 4.70. The maximum Gasteiger partial charge on any atom is 0.229 e. The molecule has 2 heterocycles. The van der Waals surface area contributed by atoms with Crippen molar-refractivity contribution in [1.82, 2.24) is 14.9 Å². The summed E-state index contributed by atoms with van der Waals surface area (Å²) in [5, 5.41) is 3.36. The minimum absolute atomic E-state index is 0.668. The minimum Gasteiger partial charge on any atom is -0.354 e. The molecule has 5 heteroatoms. The second-order valence-corrected chi connectivity index (χ2v) is 5.80. The van der Waals surface area contributed by atoms with Crippen molar-refractivity contribution in [3.05, 3.63) is 42.1 Å². The highest BCUT2D eigenvalue weighted by Crippen LogP contribution is 2.21. The summed E-state index contributed by atoms with van der Waals surface area (Å²) in [5.41, 5.74) is 2.36. The molecule has 2 aromatic rings. The van der Waals surface area contributed by atoms with Crippen molar-refractivity contribution in [3.8, 4) is 0 Å². The van der Waals surface area contributed by atoms with Crippen LogP contribution in [-0.4, -0.2) is 47.6 Å². The van der Waals surface area contributed by atoms with Gasteiger partial charge in [0.05, 0.1) is 0 Å². The van der Waals surface area contributed by atoms with Crippen LogP contribution in [0.4, 0.5) is 17.5 Å². The third kappa shape index (κ3) is 3.79. The van der Waals surface area contributed by atoms with Gasteiger partial charge in [-0.05, 0) is 30.7 Å². The van der Waals surface area contributed by atoms with Crippen molar-refractivity contribution in [2.75, 3.05) is 42.9 Å². The first-order valence-electron chi connectivity index (χ1n) is 8.45. The van der Waals surface area contributed by atoms with Crippen LogP contribution < -0.4 is 10.2 Å². The van der Waals surface area contributed by atoms with Crippen LogP contribution in [-0.2, 0) is 6.42 Å². The zero-order valence-electron chi connectivity index (χ0n) is 14.0. The Morgan fingerprint density at radius 2 is 1.83 bits per heavy atom. The molecule has 3 rings (SSSR count). The summed E-state index contributed by atoms with van der Waals surface area (Å²) in [6.45, 7) is 9.74. The third-order valence-corrected chi connectivity index (χ3v) is 4.43. The van der Waals surface area contributed by atoms with E-state index in [9.17, 15) is 0 Å². The van der Waals surface area contributed by atoms with Gasteiger partial charge in [0.1, 0.15) is 5.82 Å². The average molecular weight is 311 g/mol. The van der Waals surface area contributed by atoms with Crippen molar-refractivity contribution in [3.63, 3.8) is 0 Å². The maximum atomic E-state index is 4.70. The highest BCUT2D eigenvalue weighted by atomic mass is 15.3. The molecular formula is C18H25N5. The molecule has 122 valence electrons. The fourth-order valence-corrected chi connectivity index (χ4v) is 2.95. The third-order valence-electron chi connectivity index (χ3n) is 4.43. The first kappa shape index (κ1) is 15.7. The number of aromatic nitrogens is 2. The van der Waals surface area contributed by atoms with E-state index in [1.165, 1.54) is 5.56 Å². The number of anilines is 3. The number of para-hydroxylation sites is 1. The summed E-state index contributed by atoms with van der Waals surface area (Å²) >= 11 is 0. The second kappa shape index (κ2) is 7.42. The Kier molecular flexibility index (Phi) is 5.08. The Morgan fingerprint density at radius 1 is 1.04 bits per heavy atom. The number of rotatable bonds is 5. The van der Waals surface area contributed by atoms with Gasteiger partial charge in [-0.15, -0.1) is 0 Å². The van der Waals surface area contributed by atoms with E-state index in [1.54, 1.807) is 0 Å². The molecule has 0 saturated carbocycles. The van der Waals surface area contributed by atoms with Crippen LogP contribution in [0.1, 0.15) is 19.4 Å². The number of hydrogen-bond donors (Lipinski definition) is 1. The van der Waals surface area contributed by atoms with E-state index in [2.05, 4.69) is 52.1 Å². The first-order valence-corrected chi connectivity index (χ1v) is 8.45. The lowest BCUT2D eigenvalue weighted by atomic mass is 10.1. The number of benzene rings is 1. The van der Waals surface area contributed by atoms with Crippen LogP contribution in [0.15, 0.2) is 36.5 Å². The second-order valence-electron chi connectivity index (χ2n) is 5.80. The Hall–Kier alpha value is -2.14. The zero-order valence-corrected chi connectivity index (χ0v) is 14.0. The van der Waals surface area contributed by atoms with Crippen molar-refractivity contribution in [1.29, 1.82) is 0 Å². The number of nitrogens with zero attached hydrogens (tertiary/aromatic N) is 4. The van der Waals surface area contributed by atoms with Crippen molar-refractivity contribution in [2.45, 2.75) is 20.3 Å². The molecule has 1 aromatic heterocycles. The van der Waals surface area contributed by atoms with Crippen LogP contribution in [0.3, 0.4) is 0 Å². The van der Waals surface area contributed by atoms with Gasteiger partial charge in [0.25, 0.3) is 0 Å². The molecular weight excluding hydrogens is 286 g/mol. The van der Waals surface area contributed by atoms with Crippen LogP contribution >= 0.6 is 0 Å². The van der Waals surface area contributed by atoms with Gasteiger partial charge in [0.2, 0.25) is 5.95 Å². The van der Waals surface area contributed by atoms with E-state index < -0.39 is 0 Å². The summed E-state index contributed by atoms with van der Waals surface area (Å²) in [5.74, 6) is 1.67. The lowest BCUT2D eigenvalue weighted by molar-refractivity contribution is 0.270. The molecule has 1 fully saturated rings. The van der Waals surface area contributed by atoms with Crippen LogP contribution in [0.2, 0.25) is 0 Å². The Labute approximate surface area is 138 Å². The number of piperazine rings is 1. The molecule has 5 nitrogen and oxygen atoms in total. The first-order chi connectivity index (χ1) is 11.3. The normalized spacial score (nSPS) is 15.7. The Bertz CT molecular complexity index is 635. The van der Waals surface area contributed by atoms with E-state index in [0.717, 1.165) is 50.6 Å². The number of nitrogens with one attached hydrogen (secondary N) is 1. The highest BCUT2D eigenvalue weighted by Gasteiger charge is 2.17. The van der Waals surface area contributed by atoms with Gasteiger partial charge in [-0.1, -0.05) is 32.0 Å². The van der Waals surface area contributed by atoms with Crippen molar-refractivity contribution in [2.24, 2.45) is 0 Å². The van der Waals surface area contributed by atoms with Gasteiger partial charge in [-0.3, -0.25) is 0 Å². The molecule has 1 N–H and O–H groups in total. The zero-order chi connectivity index (χ0) is 16.1. The molecule has 1 aromatic carbocycles. The summed E-state index contributed by atoms with van der Waals surface area (Å²) in [4.78, 5) is 13.9. The lowest BCUT2D eigenvalue weighted by Crippen LogP contribution is -2.46. The summed E-state index contributed by atoms with van der Waals surface area (Å²) in [7, 11) is 0. The monoisotopic (exact) mass is 311 g/mol. The van der Waals surface area contributed by atoms with Gasteiger partial charge in [0, 0.05) is 38.1 Å². The van der Waals surface area contributed by atoms with E-state index in [1.807, 2.05) is 18.3 Å². The molecule has 1 aliphatic heterocycles. The van der Waals surface area contributed by atoms with Gasteiger partial charge >= 0.3 is 0 Å². The quantitative estimate of drug-likeness (QED) is 0.920. The predicted molar refractivity (Wildman–Crippen MR) is 95.5 cm³/mol. The van der Waals surface area contributed by atoms with Gasteiger partial charge < -0.3 is 15.1 Å². The molecule has 1 aliphatic rings. The van der Waals surface area contributed by atoms with E-state index in [-0.39, 0.29) is 0 Å². The van der Waals surface area contributed by atoms with E-state index in [0.29, 0.717) is 5.95 Å². The molecule has 1 saturated heterocycles. The van der Waals surface area contributed by atoms with Gasteiger partial charge in [-0.2, -0.15) is 4.98 Å². The molecule has 0 spiro atoms. The van der Waals surface area contributed by atoms with Crippen LogP contribution in [0.5, 0.6) is 0 Å². The number of aryl methyl sites for hydroxylation is 1. The Balaban J connectivity index is 1.73. The summed E-state index contributed by atoms with van der Waals surface area (Å²) in [6, 6.07) is 10.3. The summed E-state index contributed by atoms with van der Waals surface area (Å²) in [6.07, 6.45) is 2.83. The van der Waals surface area contributed by atoms with Gasteiger partial charge in [0.15, 0.2) is 0 Å². The highest BCUT2D eigenvalue weighted by molar-refractivity contribution is 5.59. The van der Waals surface area contributed by atoms with E-state index in [4.69, 9.17) is 4.98 Å². The van der Waals surface area contributed by atoms with E-state index >= 15 is 0 Å². The lowest BCUT2D eigenvalue weighted by Gasteiger charge is -2.34. The molecule has 0 bridgehead atoms. The summed E-state index contributed by atoms with van der Waals surface area (Å²) < 4.78 is 0. The minimum atomic E-state index is 0.668. The van der Waals surface area contributed by atoms with Crippen LogP contribution in [0.25, 0.3) is 0 Å². The molecule has 23 heavy (non-hydrogen) atoms. The standard InChI is InChI=1S/C18H25N5/c1-3-15-7-5-6-8-16(15)20-18-19-10-9-17(21-18)23-13-11-22(4-2)12-14-23/h5-10H,3-4,11-14H2,1-2H3,(H,19,20,21). The fraction of sp³-hybridized carbons (Fsp3) is 0.444. The average Bonchev–Trinajstić information content (AvgIpc) is 2.62. The smallest absolute Gasteiger partial charge is 0.229 e. The van der Waals surface area contributed by atoms with Gasteiger partial charge in [-0.25, -0.2) is 4.98 Å². The van der Waals surface area contributed by atoms with Crippen molar-refractivity contribution >= 4 is 17.5 Å². The Morgan fingerprint density at radius 3 is 2.57 bits per heavy atom. The molecule has 0 atom stereocenters. The predicted octanol–water partition coefficient (Wildman–Crippen LogP) is 2.92. The SMILES string of the molecule is CCc1ccccc1Nc1nccc(N2CCN(CC)CC2)n1. The number of hydrogen-bond acceptors (Lipinski definition) is 5. The molecule has 0 radical (unpaired) electrons. The fourth-order valence-electron chi connectivity index (χ4n) is 2.95. The largest absolute Gasteiger partial charge is 0.354 e. The number of likely N-dealkylation sites (N-methyl/N-ethyl adjacent to an activating group) is 1. The topological polar surface area (TPSA) is 44.3 Å². The molecule has 0 amide bonds. The molecule has 0 aliphatic carbocycles.